The number of aromatic nitrogens is 2. The second-order valence-corrected chi connectivity index (χ2v) is 10.8. The lowest BCUT2D eigenvalue weighted by atomic mass is 9.94. The molecule has 0 saturated carbocycles. The molecule has 1 N–H and O–H groups in total. The normalized spacial score (nSPS) is 15.3. The highest BCUT2D eigenvalue weighted by Crippen LogP contribution is 2.28. The second-order valence-electron chi connectivity index (χ2n) is 8.67. The molecule has 31 heavy (non-hydrogen) atoms. The first kappa shape index (κ1) is 21.7. The van der Waals surface area contributed by atoms with Gasteiger partial charge in [0.05, 0.1) is 21.4 Å². The number of para-hydroxylation sites is 1. The molecule has 1 aromatic carbocycles. The average Bonchev–Trinajstić information content (AvgIpc) is 3.33. The highest BCUT2D eigenvalue weighted by molar-refractivity contribution is 7.22. The lowest BCUT2D eigenvalue weighted by Gasteiger charge is -2.33. The molecule has 3 aromatic rings. The van der Waals surface area contributed by atoms with E-state index < -0.39 is 5.60 Å². The first-order valence-corrected chi connectivity index (χ1v) is 12.0. The summed E-state index contributed by atoms with van der Waals surface area (Å²) in [6.45, 7) is 7.02. The van der Waals surface area contributed by atoms with Gasteiger partial charge in [0.15, 0.2) is 5.13 Å². The third-order valence-corrected chi connectivity index (χ3v) is 6.99. The summed E-state index contributed by atoms with van der Waals surface area (Å²) in [5.74, 6) is 0.271. The number of benzene rings is 1. The minimum Gasteiger partial charge on any atom is -0.444 e. The molecule has 0 unspecified atom stereocenters. The number of anilines is 1. The van der Waals surface area contributed by atoms with Gasteiger partial charge in [-0.05, 0) is 51.7 Å². The summed E-state index contributed by atoms with van der Waals surface area (Å²) >= 11 is 2.88. The van der Waals surface area contributed by atoms with Crippen molar-refractivity contribution in [2.24, 2.45) is 5.92 Å². The van der Waals surface area contributed by atoms with Crippen molar-refractivity contribution >= 4 is 50.0 Å². The topological polar surface area (TPSA) is 84.4 Å². The molecule has 2 amide bonds. The third kappa shape index (κ3) is 5.59. The van der Waals surface area contributed by atoms with Crippen molar-refractivity contribution in [3.63, 3.8) is 0 Å². The monoisotopic (exact) mass is 458 g/mol. The quantitative estimate of drug-likeness (QED) is 0.581. The molecule has 2 aromatic heterocycles. The summed E-state index contributed by atoms with van der Waals surface area (Å²) in [7, 11) is 0. The Labute approximate surface area is 189 Å². The Morgan fingerprint density at radius 2 is 1.94 bits per heavy atom. The van der Waals surface area contributed by atoms with Gasteiger partial charge in [-0.3, -0.25) is 10.1 Å². The van der Waals surface area contributed by atoms with Gasteiger partial charge in [0.2, 0.25) is 0 Å². The molecule has 1 aliphatic heterocycles. The van der Waals surface area contributed by atoms with Gasteiger partial charge in [0, 0.05) is 19.5 Å². The van der Waals surface area contributed by atoms with E-state index in [0.29, 0.717) is 29.0 Å². The number of nitrogens with zero attached hydrogens (tertiary/aromatic N) is 3. The Hall–Kier alpha value is -2.52. The van der Waals surface area contributed by atoms with Crippen LogP contribution in [0, 0.1) is 5.92 Å². The fraction of sp³-hybridized carbons (Fsp3) is 0.455. The van der Waals surface area contributed by atoms with Gasteiger partial charge in [0.1, 0.15) is 10.5 Å². The van der Waals surface area contributed by atoms with Crippen LogP contribution in [-0.4, -0.2) is 45.6 Å². The van der Waals surface area contributed by atoms with Crippen LogP contribution in [0.15, 0.2) is 30.5 Å². The van der Waals surface area contributed by atoms with Crippen molar-refractivity contribution in [2.75, 3.05) is 18.4 Å². The van der Waals surface area contributed by atoms with Crippen molar-refractivity contribution in [1.82, 2.24) is 14.9 Å². The molecule has 0 spiro atoms. The Morgan fingerprint density at radius 3 is 2.65 bits per heavy atom. The predicted octanol–water partition coefficient (Wildman–Crippen LogP) is 5.19. The van der Waals surface area contributed by atoms with E-state index in [-0.39, 0.29) is 12.0 Å². The largest absolute Gasteiger partial charge is 0.444 e. The average molecular weight is 459 g/mol. The van der Waals surface area contributed by atoms with Crippen LogP contribution in [-0.2, 0) is 11.2 Å². The number of thiazole rings is 2. The maximum atomic E-state index is 12.6. The molecule has 9 heteroatoms. The summed E-state index contributed by atoms with van der Waals surface area (Å²) in [5.41, 5.74) is 0.405. The van der Waals surface area contributed by atoms with Crippen LogP contribution in [0.5, 0.6) is 0 Å². The van der Waals surface area contributed by atoms with Gasteiger partial charge in [-0.15, -0.1) is 11.3 Å². The first-order valence-electron chi connectivity index (χ1n) is 10.4. The Morgan fingerprint density at radius 1 is 1.19 bits per heavy atom. The number of hydrogen-bond donors (Lipinski definition) is 1. The Kier molecular flexibility index (Phi) is 6.24. The number of hydrogen-bond acceptors (Lipinski definition) is 7. The van der Waals surface area contributed by atoms with Gasteiger partial charge in [-0.2, -0.15) is 0 Å². The fourth-order valence-electron chi connectivity index (χ4n) is 3.49. The minimum absolute atomic E-state index is 0.178. The van der Waals surface area contributed by atoms with Crippen molar-refractivity contribution in [3.05, 3.63) is 40.3 Å². The highest BCUT2D eigenvalue weighted by Gasteiger charge is 2.27. The minimum atomic E-state index is -0.475. The van der Waals surface area contributed by atoms with E-state index in [1.807, 2.05) is 45.0 Å². The molecular formula is C22H26N4O3S2. The zero-order valence-electron chi connectivity index (χ0n) is 17.9. The number of fused-ring (bicyclic) bond motifs is 1. The number of amides is 2. The van der Waals surface area contributed by atoms with E-state index in [1.54, 1.807) is 11.1 Å². The van der Waals surface area contributed by atoms with Crippen LogP contribution < -0.4 is 5.32 Å². The summed E-state index contributed by atoms with van der Waals surface area (Å²) in [4.78, 5) is 36.1. The highest BCUT2D eigenvalue weighted by atomic mass is 32.1. The van der Waals surface area contributed by atoms with Crippen molar-refractivity contribution in [1.29, 1.82) is 0 Å². The van der Waals surface area contributed by atoms with E-state index in [2.05, 4.69) is 15.3 Å². The Bertz CT molecular complexity index is 1040. The van der Waals surface area contributed by atoms with E-state index in [9.17, 15) is 9.59 Å². The maximum Gasteiger partial charge on any atom is 0.410 e. The Balaban J connectivity index is 1.29. The van der Waals surface area contributed by atoms with Crippen molar-refractivity contribution in [3.8, 4) is 0 Å². The molecule has 1 fully saturated rings. The van der Waals surface area contributed by atoms with Gasteiger partial charge in [0.25, 0.3) is 5.91 Å². The summed E-state index contributed by atoms with van der Waals surface area (Å²) < 4.78 is 6.50. The molecule has 1 saturated heterocycles. The van der Waals surface area contributed by atoms with Crippen molar-refractivity contribution < 1.29 is 14.3 Å². The molecule has 0 radical (unpaired) electrons. The number of piperidine rings is 1. The maximum absolute atomic E-state index is 12.6. The van der Waals surface area contributed by atoms with Crippen molar-refractivity contribution in [2.45, 2.75) is 45.6 Å². The van der Waals surface area contributed by atoms with Crippen LogP contribution in [0.1, 0.15) is 48.3 Å². The van der Waals surface area contributed by atoms with E-state index in [4.69, 9.17) is 4.74 Å². The lowest BCUT2D eigenvalue weighted by molar-refractivity contribution is 0.0184. The molecule has 0 aliphatic carbocycles. The molecular weight excluding hydrogens is 432 g/mol. The van der Waals surface area contributed by atoms with Gasteiger partial charge in [-0.1, -0.05) is 23.5 Å². The van der Waals surface area contributed by atoms with Gasteiger partial charge in [-0.25, -0.2) is 14.8 Å². The molecule has 0 bridgehead atoms. The SMILES string of the molecule is CC(C)(C)OC(=O)N1CCC(Cc2ncc(C(=O)Nc3nc4ccccc4s3)s2)CC1. The number of carbonyl (C=O) groups is 2. The van der Waals surface area contributed by atoms with Gasteiger partial charge >= 0.3 is 6.09 Å². The number of rotatable bonds is 4. The summed E-state index contributed by atoms with van der Waals surface area (Å²) in [6, 6.07) is 7.81. The standard InChI is InChI=1S/C22H26N4O3S2/c1-22(2,3)29-21(28)26-10-8-14(9-11-26)12-18-23-13-17(30-18)19(27)25-20-24-15-6-4-5-7-16(15)31-20/h4-7,13-14H,8-12H2,1-3H3,(H,24,25,27). The lowest BCUT2D eigenvalue weighted by Crippen LogP contribution is -2.42. The molecule has 3 heterocycles. The van der Waals surface area contributed by atoms with Gasteiger partial charge < -0.3 is 9.64 Å². The van der Waals surface area contributed by atoms with Crippen LogP contribution in [0.2, 0.25) is 0 Å². The first-order chi connectivity index (χ1) is 14.8. The number of nitrogens with one attached hydrogen (secondary N) is 1. The van der Waals surface area contributed by atoms with E-state index in [0.717, 1.165) is 34.5 Å². The number of likely N-dealkylation sites (tertiary alicyclic amines) is 1. The van der Waals surface area contributed by atoms with Crippen LogP contribution in [0.25, 0.3) is 10.2 Å². The van der Waals surface area contributed by atoms with E-state index in [1.165, 1.54) is 22.7 Å². The van der Waals surface area contributed by atoms with Crippen LogP contribution >= 0.6 is 22.7 Å². The zero-order chi connectivity index (χ0) is 22.0. The van der Waals surface area contributed by atoms with Crippen LogP contribution in [0.4, 0.5) is 9.93 Å². The number of carbonyl (C=O) groups excluding carboxylic acids is 2. The predicted molar refractivity (Wildman–Crippen MR) is 124 cm³/mol. The summed E-state index contributed by atoms with van der Waals surface area (Å²) in [5, 5.41) is 4.42. The molecule has 1 aliphatic rings. The molecule has 164 valence electrons. The zero-order valence-corrected chi connectivity index (χ0v) is 19.5. The fourth-order valence-corrected chi connectivity index (χ4v) is 5.28. The summed E-state index contributed by atoms with van der Waals surface area (Å²) in [6.07, 6.45) is 4.03. The molecule has 7 nitrogen and oxygen atoms in total. The number of ether oxygens (including phenoxy) is 1. The van der Waals surface area contributed by atoms with Crippen LogP contribution in [0.3, 0.4) is 0 Å². The second kappa shape index (κ2) is 8.92. The third-order valence-electron chi connectivity index (χ3n) is 5.02. The van der Waals surface area contributed by atoms with E-state index >= 15 is 0 Å². The molecule has 4 rings (SSSR count). The smallest absolute Gasteiger partial charge is 0.410 e. The molecule has 0 atom stereocenters.